The van der Waals surface area contributed by atoms with Crippen LogP contribution in [-0.2, 0) is 6.61 Å². The summed E-state index contributed by atoms with van der Waals surface area (Å²) in [7, 11) is 0. The molecule has 0 spiro atoms. The molecular weight excluding hydrogens is 294 g/mol. The van der Waals surface area contributed by atoms with Crippen molar-refractivity contribution >= 4 is 21.6 Å². The molecule has 2 heterocycles. The number of aryl methyl sites for hydroxylation is 1. The summed E-state index contributed by atoms with van der Waals surface area (Å²) in [5.74, 6) is 0.699. The van der Waals surface area contributed by atoms with E-state index in [1.807, 2.05) is 19.9 Å². The van der Waals surface area contributed by atoms with Crippen LogP contribution in [0.3, 0.4) is 0 Å². The zero-order valence-corrected chi connectivity index (χ0v) is 11.9. The number of nitrogen functional groups attached to an aromatic ring is 1. The van der Waals surface area contributed by atoms with E-state index in [0.29, 0.717) is 12.4 Å². The van der Waals surface area contributed by atoms with Gasteiger partial charge in [-0.05, 0) is 47.0 Å². The van der Waals surface area contributed by atoms with Crippen LogP contribution >= 0.6 is 15.9 Å². The van der Waals surface area contributed by atoms with Crippen LogP contribution in [0.15, 0.2) is 29.1 Å². The molecule has 18 heavy (non-hydrogen) atoms. The van der Waals surface area contributed by atoms with Gasteiger partial charge in [-0.2, -0.15) is 0 Å². The van der Waals surface area contributed by atoms with Gasteiger partial charge in [-0.3, -0.25) is 9.97 Å². The number of rotatable bonds is 3. The number of hydrogen-bond acceptors (Lipinski definition) is 4. The predicted molar refractivity (Wildman–Crippen MR) is 74.4 cm³/mol. The molecule has 4 nitrogen and oxygen atoms in total. The summed E-state index contributed by atoms with van der Waals surface area (Å²) in [6, 6.07) is 1.86. The van der Waals surface area contributed by atoms with Crippen molar-refractivity contribution in [3.05, 3.63) is 46.0 Å². The van der Waals surface area contributed by atoms with E-state index < -0.39 is 0 Å². The maximum absolute atomic E-state index is 5.96. The molecule has 0 amide bonds. The summed E-state index contributed by atoms with van der Waals surface area (Å²) in [5, 5.41) is 0. The van der Waals surface area contributed by atoms with E-state index in [4.69, 9.17) is 10.5 Å². The molecule has 0 aliphatic rings. The minimum atomic E-state index is 0.383. The van der Waals surface area contributed by atoms with Crippen LogP contribution in [0.5, 0.6) is 5.75 Å². The van der Waals surface area contributed by atoms with E-state index >= 15 is 0 Å². The zero-order chi connectivity index (χ0) is 13.1. The number of nitrogens with zero attached hydrogens (tertiary/aromatic N) is 2. The molecule has 94 valence electrons. The molecule has 0 aliphatic carbocycles. The van der Waals surface area contributed by atoms with Crippen molar-refractivity contribution in [2.75, 3.05) is 5.73 Å². The summed E-state index contributed by atoms with van der Waals surface area (Å²) in [6.07, 6.45) is 5.14. The zero-order valence-electron chi connectivity index (χ0n) is 10.3. The van der Waals surface area contributed by atoms with Crippen molar-refractivity contribution in [2.24, 2.45) is 0 Å². The smallest absolute Gasteiger partial charge is 0.139 e. The van der Waals surface area contributed by atoms with Crippen molar-refractivity contribution in [1.82, 2.24) is 9.97 Å². The van der Waals surface area contributed by atoms with Gasteiger partial charge in [0.2, 0.25) is 0 Å². The Morgan fingerprint density at radius 1 is 1.28 bits per heavy atom. The van der Waals surface area contributed by atoms with E-state index in [2.05, 4.69) is 25.9 Å². The highest BCUT2D eigenvalue weighted by molar-refractivity contribution is 9.10. The normalized spacial score (nSPS) is 10.4. The average molecular weight is 308 g/mol. The second kappa shape index (κ2) is 5.35. The van der Waals surface area contributed by atoms with Gasteiger partial charge < -0.3 is 10.5 Å². The Morgan fingerprint density at radius 3 is 2.78 bits per heavy atom. The number of aromatic nitrogens is 2. The molecule has 2 rings (SSSR count). The third-order valence-corrected chi connectivity index (χ3v) is 3.16. The third-order valence-electron chi connectivity index (χ3n) is 2.73. The van der Waals surface area contributed by atoms with Crippen LogP contribution in [0.4, 0.5) is 5.69 Å². The fourth-order valence-corrected chi connectivity index (χ4v) is 1.90. The van der Waals surface area contributed by atoms with Crippen LogP contribution < -0.4 is 10.5 Å². The van der Waals surface area contributed by atoms with Gasteiger partial charge in [0, 0.05) is 22.6 Å². The summed E-state index contributed by atoms with van der Waals surface area (Å²) in [4.78, 5) is 8.37. The van der Waals surface area contributed by atoms with Gasteiger partial charge in [-0.1, -0.05) is 0 Å². The van der Waals surface area contributed by atoms with Crippen molar-refractivity contribution in [1.29, 1.82) is 0 Å². The summed E-state index contributed by atoms with van der Waals surface area (Å²) in [6.45, 7) is 4.28. The Kier molecular flexibility index (Phi) is 3.81. The second-order valence-electron chi connectivity index (χ2n) is 4.05. The molecule has 5 heteroatoms. The number of nitrogens with two attached hydrogens (primary N) is 1. The summed E-state index contributed by atoms with van der Waals surface area (Å²) < 4.78 is 6.52. The molecule has 0 aliphatic heterocycles. The van der Waals surface area contributed by atoms with Gasteiger partial charge >= 0.3 is 0 Å². The van der Waals surface area contributed by atoms with Gasteiger partial charge in [0.05, 0.1) is 11.9 Å². The van der Waals surface area contributed by atoms with Gasteiger partial charge in [0.1, 0.15) is 12.4 Å². The van der Waals surface area contributed by atoms with E-state index in [0.717, 1.165) is 27.0 Å². The molecule has 0 saturated heterocycles. The minimum Gasteiger partial charge on any atom is -0.486 e. The Morgan fingerprint density at radius 2 is 2.06 bits per heavy atom. The van der Waals surface area contributed by atoms with E-state index in [-0.39, 0.29) is 0 Å². The van der Waals surface area contributed by atoms with Crippen LogP contribution in [0.25, 0.3) is 0 Å². The Hall–Kier alpha value is -1.62. The Labute approximate surface area is 114 Å². The van der Waals surface area contributed by atoms with Gasteiger partial charge in [-0.25, -0.2) is 0 Å². The van der Waals surface area contributed by atoms with Crippen LogP contribution in [0, 0.1) is 13.8 Å². The second-order valence-corrected chi connectivity index (χ2v) is 4.97. The first-order valence-electron chi connectivity index (χ1n) is 5.52. The quantitative estimate of drug-likeness (QED) is 0.947. The number of ether oxygens (including phenoxy) is 1. The van der Waals surface area contributed by atoms with E-state index in [1.54, 1.807) is 18.6 Å². The average Bonchev–Trinajstić information content (AvgIpc) is 2.35. The fourth-order valence-electron chi connectivity index (χ4n) is 1.56. The van der Waals surface area contributed by atoms with Gasteiger partial charge in [0.15, 0.2) is 0 Å². The molecule has 2 aromatic heterocycles. The molecular formula is C13H14BrN3O. The summed E-state index contributed by atoms with van der Waals surface area (Å²) in [5.41, 5.74) is 9.54. The highest BCUT2D eigenvalue weighted by Crippen LogP contribution is 2.21. The molecule has 0 unspecified atom stereocenters. The van der Waals surface area contributed by atoms with Crippen LogP contribution in [0.2, 0.25) is 0 Å². The molecule has 0 aromatic carbocycles. The third kappa shape index (κ3) is 2.79. The van der Waals surface area contributed by atoms with Crippen molar-refractivity contribution in [3.63, 3.8) is 0 Å². The molecule has 0 saturated carbocycles. The molecule has 0 fully saturated rings. The number of halogens is 1. The highest BCUT2D eigenvalue weighted by Gasteiger charge is 2.07. The first-order valence-corrected chi connectivity index (χ1v) is 6.31. The topological polar surface area (TPSA) is 61.0 Å². The lowest BCUT2D eigenvalue weighted by atomic mass is 10.1. The van der Waals surface area contributed by atoms with E-state index in [1.165, 1.54) is 0 Å². The lowest BCUT2D eigenvalue weighted by Crippen LogP contribution is -2.05. The maximum Gasteiger partial charge on any atom is 0.139 e. The van der Waals surface area contributed by atoms with Crippen molar-refractivity contribution < 1.29 is 4.74 Å². The lowest BCUT2D eigenvalue weighted by Gasteiger charge is -2.11. The lowest BCUT2D eigenvalue weighted by molar-refractivity contribution is 0.299. The minimum absolute atomic E-state index is 0.383. The number of hydrogen-bond donors (Lipinski definition) is 1. The van der Waals surface area contributed by atoms with Crippen LogP contribution in [0.1, 0.15) is 16.8 Å². The predicted octanol–water partition coefficient (Wildman–Crippen LogP) is 3.02. The molecule has 2 N–H and O–H groups in total. The largest absolute Gasteiger partial charge is 0.486 e. The maximum atomic E-state index is 5.96. The Bertz CT molecular complexity index is 572. The van der Waals surface area contributed by atoms with Crippen molar-refractivity contribution in [3.8, 4) is 5.75 Å². The van der Waals surface area contributed by atoms with Crippen LogP contribution in [-0.4, -0.2) is 9.97 Å². The first kappa shape index (κ1) is 12.8. The number of pyridine rings is 2. The fraction of sp³-hybridized carbons (Fsp3) is 0.231. The van der Waals surface area contributed by atoms with E-state index in [9.17, 15) is 0 Å². The molecule has 0 bridgehead atoms. The molecule has 2 aromatic rings. The standard InChI is InChI=1S/C13H14BrN3O/c1-8-4-17-12(9(2)13(8)15)7-18-11-3-10(14)5-16-6-11/h3-6H,7H2,1-2H3,(H2,15,17). The highest BCUT2D eigenvalue weighted by atomic mass is 79.9. The molecule has 0 atom stereocenters. The van der Waals surface area contributed by atoms with Gasteiger partial charge in [0.25, 0.3) is 0 Å². The van der Waals surface area contributed by atoms with Gasteiger partial charge in [-0.15, -0.1) is 0 Å². The SMILES string of the molecule is Cc1cnc(COc2cncc(Br)c2)c(C)c1N. The first-order chi connectivity index (χ1) is 8.58. The Balaban J connectivity index is 2.14. The monoisotopic (exact) mass is 307 g/mol. The molecule has 0 radical (unpaired) electrons. The van der Waals surface area contributed by atoms with Crippen molar-refractivity contribution in [2.45, 2.75) is 20.5 Å². The number of anilines is 1. The summed E-state index contributed by atoms with van der Waals surface area (Å²) >= 11 is 3.35.